The molecule has 0 unspecified atom stereocenters. The van der Waals surface area contributed by atoms with Crippen LogP contribution in [0.3, 0.4) is 0 Å². The molecule has 122 valence electrons. The Morgan fingerprint density at radius 3 is 2.54 bits per heavy atom. The minimum absolute atomic E-state index is 0.191. The van der Waals surface area contributed by atoms with Crippen molar-refractivity contribution in [3.05, 3.63) is 74.6 Å². The highest BCUT2D eigenvalue weighted by Crippen LogP contribution is 2.25. The van der Waals surface area contributed by atoms with Crippen LogP contribution in [0.25, 0.3) is 0 Å². The Labute approximate surface area is 150 Å². The molecule has 1 N–H and O–H groups in total. The van der Waals surface area contributed by atoms with Crippen LogP contribution in [0.2, 0.25) is 0 Å². The number of aromatic hydroxyl groups is 1. The van der Waals surface area contributed by atoms with Gasteiger partial charge in [0.25, 0.3) is 0 Å². The molecular weight excluding hydrogens is 336 g/mol. The summed E-state index contributed by atoms with van der Waals surface area (Å²) in [5.41, 5.74) is 3.27. The Bertz CT molecular complexity index is 893. The molecule has 24 heavy (non-hydrogen) atoms. The first-order chi connectivity index (χ1) is 11.6. The molecule has 0 radical (unpaired) electrons. The van der Waals surface area contributed by atoms with Crippen LogP contribution in [0.15, 0.2) is 59.6 Å². The van der Waals surface area contributed by atoms with E-state index >= 15 is 0 Å². The summed E-state index contributed by atoms with van der Waals surface area (Å²) in [7, 11) is 0. The van der Waals surface area contributed by atoms with Gasteiger partial charge in [-0.1, -0.05) is 59.4 Å². The summed E-state index contributed by atoms with van der Waals surface area (Å²) in [4.78, 5) is 5.11. The molecule has 0 spiro atoms. The lowest BCUT2D eigenvalue weighted by atomic mass is 10.1. The molecule has 3 rings (SSSR count). The monoisotopic (exact) mass is 354 g/mol. The molecule has 1 heterocycles. The zero-order valence-electron chi connectivity index (χ0n) is 13.3. The average Bonchev–Trinajstić information content (AvgIpc) is 2.87. The number of hydrogen-bond acceptors (Lipinski definition) is 4. The van der Waals surface area contributed by atoms with Gasteiger partial charge in [0.05, 0.1) is 11.9 Å². The maximum Gasteiger partial charge on any atom is 0.212 e. The quantitative estimate of drug-likeness (QED) is 0.499. The Hall–Kier alpha value is -2.24. The highest BCUT2D eigenvalue weighted by atomic mass is 32.1. The number of aromatic nitrogens is 1. The van der Waals surface area contributed by atoms with Gasteiger partial charge in [0.1, 0.15) is 4.88 Å². The Morgan fingerprint density at radius 1 is 1.12 bits per heavy atom. The second-order valence-corrected chi connectivity index (χ2v) is 7.21. The number of thiazole rings is 1. The van der Waals surface area contributed by atoms with Crippen molar-refractivity contribution < 1.29 is 5.11 Å². The zero-order valence-corrected chi connectivity index (χ0v) is 15.0. The fourth-order valence-corrected chi connectivity index (χ4v) is 3.58. The van der Waals surface area contributed by atoms with Crippen molar-refractivity contribution in [2.45, 2.75) is 19.9 Å². The third-order valence-corrected chi connectivity index (χ3v) is 5.10. The molecule has 0 saturated heterocycles. The molecule has 0 bridgehead atoms. The number of hydrogen-bond donors (Lipinski definition) is 1. The van der Waals surface area contributed by atoms with Crippen LogP contribution in [-0.2, 0) is 13.0 Å². The van der Waals surface area contributed by atoms with Crippen molar-refractivity contribution in [3.8, 4) is 5.88 Å². The van der Waals surface area contributed by atoms with Crippen molar-refractivity contribution in [3.63, 3.8) is 0 Å². The van der Waals surface area contributed by atoms with Crippen LogP contribution in [0.5, 0.6) is 5.88 Å². The molecule has 3 aromatic rings. The standard InChI is InChI=1S/C19H18N2OS2/c1-14-7-9-16(10-8-14)20-13-17-18(22)21(19(23)24-17)12-11-15-5-3-2-4-6-15/h2-10,13,22H,11-12H2,1H3. The third-order valence-electron chi connectivity index (χ3n) is 3.73. The van der Waals surface area contributed by atoms with E-state index in [2.05, 4.69) is 17.1 Å². The van der Waals surface area contributed by atoms with E-state index in [0.717, 1.165) is 12.1 Å². The number of nitrogens with zero attached hydrogens (tertiary/aromatic N) is 2. The van der Waals surface area contributed by atoms with Gasteiger partial charge in [-0.25, -0.2) is 0 Å². The van der Waals surface area contributed by atoms with Crippen LogP contribution >= 0.6 is 23.6 Å². The van der Waals surface area contributed by atoms with Crippen molar-refractivity contribution in [1.82, 2.24) is 4.57 Å². The molecule has 1 aromatic heterocycles. The van der Waals surface area contributed by atoms with E-state index < -0.39 is 0 Å². The second-order valence-electron chi connectivity index (χ2n) is 5.54. The summed E-state index contributed by atoms with van der Waals surface area (Å²) in [6, 6.07) is 18.1. The van der Waals surface area contributed by atoms with Crippen molar-refractivity contribution in [2.75, 3.05) is 0 Å². The Morgan fingerprint density at radius 2 is 1.83 bits per heavy atom. The van der Waals surface area contributed by atoms with Crippen LogP contribution in [0, 0.1) is 10.9 Å². The van der Waals surface area contributed by atoms with E-state index in [4.69, 9.17) is 12.2 Å². The molecule has 0 aliphatic carbocycles. The van der Waals surface area contributed by atoms with Gasteiger partial charge in [-0.2, -0.15) is 0 Å². The molecule has 3 nitrogen and oxygen atoms in total. The fourth-order valence-electron chi connectivity index (χ4n) is 2.35. The van der Waals surface area contributed by atoms with E-state index in [-0.39, 0.29) is 5.88 Å². The number of aliphatic imine (C=N–C) groups is 1. The molecular formula is C19H18N2OS2. The molecule has 0 aliphatic rings. The average molecular weight is 355 g/mol. The minimum Gasteiger partial charge on any atom is -0.493 e. The topological polar surface area (TPSA) is 37.5 Å². The first-order valence-corrected chi connectivity index (χ1v) is 8.93. The number of benzene rings is 2. The van der Waals surface area contributed by atoms with Crippen LogP contribution in [0.4, 0.5) is 5.69 Å². The van der Waals surface area contributed by atoms with E-state index in [0.29, 0.717) is 15.4 Å². The van der Waals surface area contributed by atoms with Gasteiger partial charge in [0.15, 0.2) is 3.95 Å². The van der Waals surface area contributed by atoms with E-state index in [9.17, 15) is 5.11 Å². The Kier molecular flexibility index (Phi) is 5.23. The van der Waals surface area contributed by atoms with E-state index in [1.165, 1.54) is 22.5 Å². The molecule has 2 aromatic carbocycles. The molecule has 0 fully saturated rings. The smallest absolute Gasteiger partial charge is 0.212 e. The highest BCUT2D eigenvalue weighted by Gasteiger charge is 2.10. The summed E-state index contributed by atoms with van der Waals surface area (Å²) in [6.45, 7) is 2.70. The number of aryl methyl sites for hydroxylation is 2. The lowest BCUT2D eigenvalue weighted by Crippen LogP contribution is -2.00. The van der Waals surface area contributed by atoms with Crippen LogP contribution in [0.1, 0.15) is 16.0 Å². The molecule has 0 amide bonds. The maximum atomic E-state index is 10.4. The second kappa shape index (κ2) is 7.55. The van der Waals surface area contributed by atoms with Crippen LogP contribution in [-0.4, -0.2) is 15.9 Å². The molecule has 5 heteroatoms. The fraction of sp³-hybridized carbons (Fsp3) is 0.158. The summed E-state index contributed by atoms with van der Waals surface area (Å²) in [5, 5.41) is 10.4. The van der Waals surface area contributed by atoms with Gasteiger partial charge in [0, 0.05) is 6.54 Å². The lowest BCUT2D eigenvalue weighted by Gasteiger charge is -2.04. The van der Waals surface area contributed by atoms with Gasteiger partial charge >= 0.3 is 0 Å². The number of rotatable bonds is 5. The normalized spacial score (nSPS) is 11.2. The van der Waals surface area contributed by atoms with E-state index in [1.807, 2.05) is 49.4 Å². The van der Waals surface area contributed by atoms with Gasteiger partial charge in [-0.3, -0.25) is 9.56 Å². The predicted octanol–water partition coefficient (Wildman–Crippen LogP) is 5.29. The molecule has 0 saturated carbocycles. The van der Waals surface area contributed by atoms with Gasteiger partial charge in [-0.15, -0.1) is 0 Å². The summed E-state index contributed by atoms with van der Waals surface area (Å²) >= 11 is 6.76. The zero-order chi connectivity index (χ0) is 16.9. The Balaban J connectivity index is 1.76. The van der Waals surface area contributed by atoms with Crippen LogP contribution < -0.4 is 0 Å². The van der Waals surface area contributed by atoms with Gasteiger partial charge in [-0.05, 0) is 43.3 Å². The van der Waals surface area contributed by atoms with Gasteiger partial charge < -0.3 is 5.11 Å². The molecule has 0 atom stereocenters. The predicted molar refractivity (Wildman–Crippen MR) is 103 cm³/mol. The van der Waals surface area contributed by atoms with Crippen molar-refractivity contribution >= 4 is 35.5 Å². The summed E-state index contributed by atoms with van der Waals surface area (Å²) in [6.07, 6.45) is 2.51. The maximum absolute atomic E-state index is 10.4. The van der Waals surface area contributed by atoms with Gasteiger partial charge in [0.2, 0.25) is 5.88 Å². The lowest BCUT2D eigenvalue weighted by molar-refractivity contribution is 0.415. The minimum atomic E-state index is 0.191. The summed E-state index contributed by atoms with van der Waals surface area (Å²) < 4.78 is 2.43. The largest absolute Gasteiger partial charge is 0.493 e. The molecule has 0 aliphatic heterocycles. The van der Waals surface area contributed by atoms with E-state index in [1.54, 1.807) is 10.8 Å². The van der Waals surface area contributed by atoms with Crippen molar-refractivity contribution in [2.24, 2.45) is 4.99 Å². The van der Waals surface area contributed by atoms with Crippen molar-refractivity contribution in [1.29, 1.82) is 0 Å². The first-order valence-electron chi connectivity index (χ1n) is 7.71. The SMILES string of the molecule is Cc1ccc(N=Cc2sc(=S)n(CCc3ccccc3)c2O)cc1. The summed E-state index contributed by atoms with van der Waals surface area (Å²) in [5.74, 6) is 0.191. The highest BCUT2D eigenvalue weighted by molar-refractivity contribution is 7.73. The third kappa shape index (κ3) is 3.99. The first kappa shape index (κ1) is 16.6.